The van der Waals surface area contributed by atoms with Gasteiger partial charge in [-0.05, 0) is 6.42 Å². The molecule has 0 aliphatic heterocycles. The lowest BCUT2D eigenvalue weighted by Gasteiger charge is -2.15. The Morgan fingerprint density at radius 3 is 2.59 bits per heavy atom. The van der Waals surface area contributed by atoms with Crippen molar-refractivity contribution < 1.29 is 14.5 Å². The topological polar surface area (TPSA) is 105 Å². The van der Waals surface area contributed by atoms with E-state index in [-0.39, 0.29) is 12.1 Å². The third-order valence-electron chi connectivity index (χ3n) is 2.12. The van der Waals surface area contributed by atoms with E-state index >= 15 is 0 Å². The predicted molar refractivity (Wildman–Crippen MR) is 62.2 cm³/mol. The van der Waals surface area contributed by atoms with Gasteiger partial charge in [0, 0.05) is 7.05 Å². The first-order valence-electron chi connectivity index (χ1n) is 4.78. The lowest BCUT2D eigenvalue weighted by molar-refractivity contribution is -0.416. The Kier molecular flexibility index (Phi) is 6.24. The summed E-state index contributed by atoms with van der Waals surface area (Å²) in [4.78, 5) is 21.5. The minimum absolute atomic E-state index is 0.0387. The molecule has 0 heterocycles. The van der Waals surface area contributed by atoms with Crippen molar-refractivity contribution >= 4 is 12.2 Å². The number of nitro groups is 1. The highest BCUT2D eigenvalue weighted by atomic mass is 16.6. The number of esters is 1. The van der Waals surface area contributed by atoms with Gasteiger partial charge in [0.05, 0.1) is 18.2 Å². The van der Waals surface area contributed by atoms with Crippen LogP contribution in [-0.2, 0) is 9.53 Å². The molecule has 1 atom stereocenters. The lowest BCUT2D eigenvalue weighted by atomic mass is 10.00. The van der Waals surface area contributed by atoms with E-state index in [1.165, 1.54) is 20.2 Å². The summed E-state index contributed by atoms with van der Waals surface area (Å²) in [6.07, 6.45) is 2.24. The molecule has 0 aliphatic carbocycles. The number of carbonyl (C=O) groups excluding carboxylic acids is 1. The van der Waals surface area contributed by atoms with Crippen molar-refractivity contribution in [2.24, 2.45) is 5.92 Å². The third-order valence-corrected chi connectivity index (χ3v) is 2.12. The molecule has 0 saturated heterocycles. The average Bonchev–Trinajstić information content (AvgIpc) is 2.32. The highest BCUT2D eigenvalue weighted by molar-refractivity contribution is 5.80. The second-order valence-corrected chi connectivity index (χ2v) is 3.05. The summed E-state index contributed by atoms with van der Waals surface area (Å²) in [6.45, 7) is 3.48. The van der Waals surface area contributed by atoms with Gasteiger partial charge in [-0.2, -0.15) is 0 Å². The Hall–Kier alpha value is -2.18. The molecule has 7 heteroatoms. The Morgan fingerprint density at radius 2 is 2.29 bits per heavy atom. The molecule has 0 bridgehead atoms. The van der Waals surface area contributed by atoms with Crippen molar-refractivity contribution in [3.63, 3.8) is 0 Å². The van der Waals surface area contributed by atoms with Crippen LogP contribution in [0.3, 0.4) is 0 Å². The van der Waals surface area contributed by atoms with Crippen LogP contribution in [-0.4, -0.2) is 31.3 Å². The maximum Gasteiger partial charge on any atom is 0.315 e. The molecule has 7 nitrogen and oxygen atoms in total. The molecular formula is C10H15N3O4. The highest BCUT2D eigenvalue weighted by Gasteiger charge is 2.29. The summed E-state index contributed by atoms with van der Waals surface area (Å²) in [5, 5.41) is 20.3. The standard InChI is InChI=1S/C10H15N3O4/c1-4-5-7(10(14)17-3)9(12-2)8(6-11)13(15)16/h4,6-7,11-12H,1,5H2,2-3H3/b9-8+,11-6?. The minimum Gasteiger partial charge on any atom is -0.468 e. The maximum absolute atomic E-state index is 11.5. The smallest absolute Gasteiger partial charge is 0.315 e. The molecule has 0 aromatic heterocycles. The molecule has 0 amide bonds. The van der Waals surface area contributed by atoms with Crippen LogP contribution in [0.2, 0.25) is 0 Å². The number of hydrogen-bond acceptors (Lipinski definition) is 6. The molecule has 0 aromatic carbocycles. The van der Waals surface area contributed by atoms with Crippen molar-refractivity contribution in [2.75, 3.05) is 14.2 Å². The Bertz CT molecular complexity index is 363. The lowest BCUT2D eigenvalue weighted by Crippen LogP contribution is -2.28. The molecule has 1 unspecified atom stereocenters. The number of rotatable bonds is 7. The minimum atomic E-state index is -0.857. The predicted octanol–water partition coefficient (Wildman–Crippen LogP) is 0.709. The van der Waals surface area contributed by atoms with Crippen LogP contribution >= 0.6 is 0 Å². The van der Waals surface area contributed by atoms with E-state index in [1.54, 1.807) is 0 Å². The number of methoxy groups -OCH3 is 1. The van der Waals surface area contributed by atoms with Gasteiger partial charge in [0.2, 0.25) is 0 Å². The molecule has 0 rings (SSSR count). The second-order valence-electron chi connectivity index (χ2n) is 3.05. The first-order chi connectivity index (χ1) is 8.03. The summed E-state index contributed by atoms with van der Waals surface area (Å²) >= 11 is 0. The molecule has 0 spiro atoms. The zero-order valence-electron chi connectivity index (χ0n) is 9.73. The largest absolute Gasteiger partial charge is 0.468 e. The summed E-state index contributed by atoms with van der Waals surface area (Å²) < 4.78 is 4.56. The van der Waals surface area contributed by atoms with Gasteiger partial charge in [-0.25, -0.2) is 0 Å². The van der Waals surface area contributed by atoms with E-state index in [4.69, 9.17) is 5.41 Å². The number of hydrogen-bond donors (Lipinski definition) is 2. The molecule has 0 aromatic rings. The summed E-state index contributed by atoms with van der Waals surface area (Å²) in [7, 11) is 2.64. The zero-order valence-corrected chi connectivity index (χ0v) is 9.73. The van der Waals surface area contributed by atoms with Crippen molar-refractivity contribution in [2.45, 2.75) is 6.42 Å². The highest BCUT2D eigenvalue weighted by Crippen LogP contribution is 2.18. The van der Waals surface area contributed by atoms with E-state index in [1.807, 2.05) is 0 Å². The molecule has 0 radical (unpaired) electrons. The van der Waals surface area contributed by atoms with E-state index in [9.17, 15) is 14.9 Å². The fourth-order valence-corrected chi connectivity index (χ4v) is 1.35. The summed E-state index contributed by atoms with van der Waals surface area (Å²) in [6, 6.07) is 0. The van der Waals surface area contributed by atoms with Crippen molar-refractivity contribution in [3.05, 3.63) is 34.2 Å². The van der Waals surface area contributed by atoms with Crippen LogP contribution in [0.1, 0.15) is 6.42 Å². The van der Waals surface area contributed by atoms with Gasteiger partial charge in [-0.1, -0.05) is 6.08 Å². The summed E-state index contributed by atoms with van der Waals surface area (Å²) in [5.74, 6) is -1.47. The molecule has 0 saturated carbocycles. The molecule has 0 fully saturated rings. The van der Waals surface area contributed by atoms with Gasteiger partial charge in [0.1, 0.15) is 11.6 Å². The van der Waals surface area contributed by atoms with Crippen LogP contribution < -0.4 is 5.32 Å². The third kappa shape index (κ3) is 3.71. The normalized spacial score (nSPS) is 13.1. The Morgan fingerprint density at radius 1 is 1.71 bits per heavy atom. The Balaban J connectivity index is 5.56. The number of ether oxygens (including phenoxy) is 1. The van der Waals surface area contributed by atoms with E-state index < -0.39 is 22.5 Å². The molecular weight excluding hydrogens is 226 g/mol. The molecule has 0 aliphatic rings. The van der Waals surface area contributed by atoms with Crippen LogP contribution in [0.25, 0.3) is 0 Å². The van der Waals surface area contributed by atoms with Gasteiger partial charge >= 0.3 is 11.7 Å². The Labute approximate surface area is 98.8 Å². The zero-order chi connectivity index (χ0) is 13.4. The van der Waals surface area contributed by atoms with Gasteiger partial charge in [0.15, 0.2) is 0 Å². The van der Waals surface area contributed by atoms with E-state index in [0.717, 1.165) is 0 Å². The van der Waals surface area contributed by atoms with Crippen LogP contribution in [0.5, 0.6) is 0 Å². The van der Waals surface area contributed by atoms with Crippen LogP contribution in [0.4, 0.5) is 0 Å². The molecule has 94 valence electrons. The van der Waals surface area contributed by atoms with Crippen LogP contribution in [0.15, 0.2) is 24.0 Å². The fraction of sp³-hybridized carbons (Fsp3) is 0.400. The SMILES string of the molecule is C=CCC(C(=O)OC)/C(NC)=C(/C=N)[N+](=O)[O-]. The second kappa shape index (κ2) is 7.15. The van der Waals surface area contributed by atoms with Gasteiger partial charge < -0.3 is 15.5 Å². The van der Waals surface area contributed by atoms with Gasteiger partial charge in [-0.3, -0.25) is 14.9 Å². The number of nitrogens with one attached hydrogen (secondary N) is 2. The van der Waals surface area contributed by atoms with E-state index in [0.29, 0.717) is 6.21 Å². The molecule has 17 heavy (non-hydrogen) atoms. The van der Waals surface area contributed by atoms with Crippen molar-refractivity contribution in [3.8, 4) is 0 Å². The number of nitrogens with zero attached hydrogens (tertiary/aromatic N) is 1. The average molecular weight is 241 g/mol. The quantitative estimate of drug-likeness (QED) is 0.224. The first-order valence-corrected chi connectivity index (χ1v) is 4.78. The first kappa shape index (κ1) is 14.8. The summed E-state index contributed by atoms with van der Waals surface area (Å²) in [5.41, 5.74) is -0.429. The maximum atomic E-state index is 11.5. The monoisotopic (exact) mass is 241 g/mol. The fourth-order valence-electron chi connectivity index (χ4n) is 1.35. The number of carbonyl (C=O) groups is 1. The van der Waals surface area contributed by atoms with Crippen LogP contribution in [0, 0.1) is 21.4 Å². The molecule has 2 N–H and O–H groups in total. The van der Waals surface area contributed by atoms with Crippen molar-refractivity contribution in [1.82, 2.24) is 5.32 Å². The number of allylic oxidation sites excluding steroid dienone is 2. The van der Waals surface area contributed by atoms with Gasteiger partial charge in [0.25, 0.3) is 0 Å². The van der Waals surface area contributed by atoms with Gasteiger partial charge in [-0.15, -0.1) is 6.58 Å². The van der Waals surface area contributed by atoms with Crippen molar-refractivity contribution in [1.29, 1.82) is 5.41 Å². The van der Waals surface area contributed by atoms with E-state index in [2.05, 4.69) is 16.6 Å².